The van der Waals surface area contributed by atoms with Crippen molar-refractivity contribution in [2.75, 3.05) is 19.6 Å². The fraction of sp³-hybridized carbons (Fsp3) is 0.500. The van der Waals surface area contributed by atoms with Crippen LogP contribution in [0, 0.1) is 11.3 Å². The van der Waals surface area contributed by atoms with Crippen LogP contribution in [-0.4, -0.2) is 41.2 Å². The lowest BCUT2D eigenvalue weighted by molar-refractivity contribution is -0.145. The normalized spacial score (nSPS) is 21.3. The second-order valence-corrected chi connectivity index (χ2v) is 10.1. The number of carbonyl (C=O) groups excluding carboxylic acids is 2. The Morgan fingerprint density at radius 1 is 0.875 bits per heavy atom. The maximum atomic E-state index is 14.0. The molecule has 4 heteroatoms. The lowest BCUT2D eigenvalue weighted by Crippen LogP contribution is -2.52. The van der Waals surface area contributed by atoms with Crippen LogP contribution < -0.4 is 0 Å². The van der Waals surface area contributed by atoms with Gasteiger partial charge in [-0.2, -0.15) is 0 Å². The largest absolute Gasteiger partial charge is 0.339 e. The second kappa shape index (κ2) is 9.09. The van der Waals surface area contributed by atoms with Gasteiger partial charge in [-0.05, 0) is 61.3 Å². The van der Waals surface area contributed by atoms with Gasteiger partial charge in [-0.1, -0.05) is 61.7 Å². The predicted octanol–water partition coefficient (Wildman–Crippen LogP) is 5.07. The van der Waals surface area contributed by atoms with Crippen molar-refractivity contribution in [1.29, 1.82) is 0 Å². The highest BCUT2D eigenvalue weighted by Crippen LogP contribution is 2.41. The van der Waals surface area contributed by atoms with Crippen molar-refractivity contribution in [3.8, 4) is 0 Å². The average molecular weight is 431 g/mol. The van der Waals surface area contributed by atoms with Gasteiger partial charge in [-0.3, -0.25) is 9.59 Å². The van der Waals surface area contributed by atoms with Gasteiger partial charge in [0.15, 0.2) is 0 Å². The minimum absolute atomic E-state index is 0.0842. The highest BCUT2D eigenvalue weighted by Gasteiger charge is 2.46. The van der Waals surface area contributed by atoms with E-state index in [4.69, 9.17) is 0 Å². The lowest BCUT2D eigenvalue weighted by Gasteiger charge is -2.42. The van der Waals surface area contributed by atoms with E-state index in [0.29, 0.717) is 24.9 Å². The molecule has 0 unspecified atom stereocenters. The number of hydrogen-bond donors (Lipinski definition) is 0. The van der Waals surface area contributed by atoms with Crippen molar-refractivity contribution in [3.05, 3.63) is 71.3 Å². The summed E-state index contributed by atoms with van der Waals surface area (Å²) in [6.45, 7) is 2.93. The van der Waals surface area contributed by atoms with Gasteiger partial charge in [0.1, 0.15) is 0 Å². The monoisotopic (exact) mass is 430 g/mol. The molecular formula is C28H34N2O2. The molecule has 0 bridgehead atoms. The molecule has 0 radical (unpaired) electrons. The van der Waals surface area contributed by atoms with Crippen LogP contribution in [0.25, 0.3) is 0 Å². The number of rotatable bonds is 3. The highest BCUT2D eigenvalue weighted by atomic mass is 16.2. The molecule has 2 heterocycles. The van der Waals surface area contributed by atoms with E-state index >= 15 is 0 Å². The summed E-state index contributed by atoms with van der Waals surface area (Å²) < 4.78 is 0. The first-order valence-corrected chi connectivity index (χ1v) is 12.4. The number of fused-ring (bicyclic) bond motifs is 1. The Morgan fingerprint density at radius 3 is 2.25 bits per heavy atom. The van der Waals surface area contributed by atoms with Gasteiger partial charge in [0.05, 0.1) is 5.41 Å². The molecule has 5 rings (SSSR count). The highest BCUT2D eigenvalue weighted by molar-refractivity contribution is 5.94. The SMILES string of the molecule is O=C(c1ccccc1)N1CCC2(CC1)Cc1ccccc1CN(CC1CCCCC1)C2=O. The molecule has 0 atom stereocenters. The third kappa shape index (κ3) is 4.20. The summed E-state index contributed by atoms with van der Waals surface area (Å²) in [7, 11) is 0. The van der Waals surface area contributed by atoms with Crippen LogP contribution in [0.5, 0.6) is 0 Å². The zero-order valence-electron chi connectivity index (χ0n) is 19.0. The van der Waals surface area contributed by atoms with Gasteiger partial charge < -0.3 is 9.80 Å². The van der Waals surface area contributed by atoms with Crippen molar-refractivity contribution < 1.29 is 9.59 Å². The third-order valence-electron chi connectivity index (χ3n) is 7.98. The summed E-state index contributed by atoms with van der Waals surface area (Å²) in [6, 6.07) is 18.1. The van der Waals surface area contributed by atoms with E-state index in [0.717, 1.165) is 37.9 Å². The summed E-state index contributed by atoms with van der Waals surface area (Å²) in [5.41, 5.74) is 2.97. The van der Waals surface area contributed by atoms with E-state index in [-0.39, 0.29) is 11.3 Å². The fourth-order valence-electron chi connectivity index (χ4n) is 6.06. The molecule has 32 heavy (non-hydrogen) atoms. The summed E-state index contributed by atoms with van der Waals surface area (Å²) in [5.74, 6) is 1.04. The van der Waals surface area contributed by atoms with Gasteiger partial charge in [0.25, 0.3) is 5.91 Å². The number of hydrogen-bond acceptors (Lipinski definition) is 2. The number of benzene rings is 2. The van der Waals surface area contributed by atoms with E-state index in [9.17, 15) is 9.59 Å². The zero-order chi connectivity index (χ0) is 22.0. The molecule has 2 aromatic rings. The molecule has 2 fully saturated rings. The number of nitrogens with zero attached hydrogens (tertiary/aromatic N) is 2. The summed E-state index contributed by atoms with van der Waals surface area (Å²) >= 11 is 0. The quantitative estimate of drug-likeness (QED) is 0.682. The Balaban J connectivity index is 1.37. The molecule has 2 aliphatic heterocycles. The average Bonchev–Trinajstić information content (AvgIpc) is 2.95. The summed E-state index contributed by atoms with van der Waals surface area (Å²) in [4.78, 5) is 31.1. The molecule has 3 aliphatic rings. The first kappa shape index (κ1) is 21.2. The van der Waals surface area contributed by atoms with Crippen LogP contribution in [0.2, 0.25) is 0 Å². The fourth-order valence-corrected chi connectivity index (χ4v) is 6.06. The Kier molecular flexibility index (Phi) is 6.03. The molecule has 0 aromatic heterocycles. The standard InChI is InChI=1S/C28H34N2O2/c31-26(23-11-5-2-6-12-23)29-17-15-28(16-18-29)19-24-13-7-8-14-25(24)21-30(27(28)32)20-22-9-3-1-4-10-22/h2,5-8,11-14,22H,1,3-4,9-10,15-21H2. The first-order chi connectivity index (χ1) is 15.6. The van der Waals surface area contributed by atoms with Gasteiger partial charge in [0, 0.05) is 31.7 Å². The first-order valence-electron chi connectivity index (χ1n) is 12.4. The van der Waals surface area contributed by atoms with Crippen molar-refractivity contribution in [2.45, 2.75) is 57.9 Å². The summed E-state index contributed by atoms with van der Waals surface area (Å²) in [5, 5.41) is 0. The Bertz CT molecular complexity index is 956. The Morgan fingerprint density at radius 2 is 1.53 bits per heavy atom. The maximum absolute atomic E-state index is 14.0. The molecule has 1 saturated carbocycles. The van der Waals surface area contributed by atoms with E-state index in [1.807, 2.05) is 35.2 Å². The van der Waals surface area contributed by atoms with E-state index in [1.54, 1.807) is 0 Å². The van der Waals surface area contributed by atoms with Crippen LogP contribution in [0.4, 0.5) is 0 Å². The number of carbonyl (C=O) groups is 2. The molecule has 2 aromatic carbocycles. The van der Waals surface area contributed by atoms with Crippen LogP contribution in [-0.2, 0) is 17.8 Å². The van der Waals surface area contributed by atoms with Crippen LogP contribution in [0.15, 0.2) is 54.6 Å². The Labute approximate surface area is 191 Å². The molecular weight excluding hydrogens is 396 g/mol. The molecule has 0 N–H and O–H groups in total. The van der Waals surface area contributed by atoms with Gasteiger partial charge >= 0.3 is 0 Å². The second-order valence-electron chi connectivity index (χ2n) is 10.1. The van der Waals surface area contributed by atoms with Crippen LogP contribution in [0.3, 0.4) is 0 Å². The van der Waals surface area contributed by atoms with Crippen molar-refractivity contribution in [3.63, 3.8) is 0 Å². The molecule has 1 saturated heterocycles. The van der Waals surface area contributed by atoms with Crippen molar-refractivity contribution in [2.24, 2.45) is 11.3 Å². The molecule has 1 aliphatic carbocycles. The van der Waals surface area contributed by atoms with Crippen molar-refractivity contribution in [1.82, 2.24) is 9.80 Å². The lowest BCUT2D eigenvalue weighted by atomic mass is 9.72. The van der Waals surface area contributed by atoms with Gasteiger partial charge in [-0.25, -0.2) is 0 Å². The molecule has 4 nitrogen and oxygen atoms in total. The number of piperidine rings is 1. The predicted molar refractivity (Wildman–Crippen MR) is 126 cm³/mol. The molecule has 168 valence electrons. The number of amides is 2. The van der Waals surface area contributed by atoms with Crippen LogP contribution >= 0.6 is 0 Å². The smallest absolute Gasteiger partial charge is 0.253 e. The topological polar surface area (TPSA) is 40.6 Å². The minimum atomic E-state index is -0.380. The number of likely N-dealkylation sites (tertiary alicyclic amines) is 1. The maximum Gasteiger partial charge on any atom is 0.253 e. The zero-order valence-corrected chi connectivity index (χ0v) is 19.0. The van der Waals surface area contributed by atoms with E-state index < -0.39 is 0 Å². The molecule has 2 amide bonds. The summed E-state index contributed by atoms with van der Waals surface area (Å²) in [6.07, 6.45) is 8.73. The van der Waals surface area contributed by atoms with Gasteiger partial charge in [0.2, 0.25) is 5.91 Å². The third-order valence-corrected chi connectivity index (χ3v) is 7.98. The van der Waals surface area contributed by atoms with Crippen molar-refractivity contribution >= 4 is 11.8 Å². The Hall–Kier alpha value is -2.62. The van der Waals surface area contributed by atoms with E-state index in [2.05, 4.69) is 29.2 Å². The minimum Gasteiger partial charge on any atom is -0.339 e. The molecule has 1 spiro atoms. The van der Waals surface area contributed by atoms with Crippen LogP contribution in [0.1, 0.15) is 66.4 Å². The van der Waals surface area contributed by atoms with E-state index in [1.165, 1.54) is 43.2 Å². The van der Waals surface area contributed by atoms with Gasteiger partial charge in [-0.15, -0.1) is 0 Å².